The summed E-state index contributed by atoms with van der Waals surface area (Å²) in [6.07, 6.45) is 0.515. The highest BCUT2D eigenvalue weighted by Gasteiger charge is 2.40. The quantitative estimate of drug-likeness (QED) is 0.886. The Kier molecular flexibility index (Phi) is 5.75. The van der Waals surface area contributed by atoms with Gasteiger partial charge in [-0.05, 0) is 47.8 Å². The number of rotatable bonds is 3. The molecule has 0 aromatic heterocycles. The predicted octanol–water partition coefficient (Wildman–Crippen LogP) is 3.58. The summed E-state index contributed by atoms with van der Waals surface area (Å²) in [5.74, 6) is 0.995. The summed E-state index contributed by atoms with van der Waals surface area (Å²) in [6.45, 7) is 6.75. The molecule has 0 saturated carbocycles. The molecule has 1 aromatic carbocycles. The predicted molar refractivity (Wildman–Crippen MR) is 93.5 cm³/mol. The number of aliphatic hydroxyl groups is 1. The fourth-order valence-corrected chi connectivity index (χ4v) is 3.79. The Morgan fingerprint density at radius 3 is 2.38 bits per heavy atom. The molecule has 0 radical (unpaired) electrons. The molecule has 1 aliphatic rings. The van der Waals surface area contributed by atoms with Crippen LogP contribution >= 0.6 is 0 Å². The van der Waals surface area contributed by atoms with Crippen LogP contribution in [0.4, 0.5) is 4.79 Å². The number of ether oxygens (including phenoxy) is 1. The Morgan fingerprint density at radius 2 is 1.92 bits per heavy atom. The third-order valence-corrected chi connectivity index (χ3v) is 5.18. The summed E-state index contributed by atoms with van der Waals surface area (Å²) in [5, 5.41) is 19.6. The van der Waals surface area contributed by atoms with Crippen LogP contribution in [0.25, 0.3) is 0 Å². The van der Waals surface area contributed by atoms with E-state index in [0.717, 1.165) is 17.7 Å². The number of benzene rings is 1. The summed E-state index contributed by atoms with van der Waals surface area (Å²) < 4.78 is 5.21. The minimum absolute atomic E-state index is 0.0481. The minimum Gasteiger partial charge on any atom is -0.497 e. The third-order valence-electron chi connectivity index (χ3n) is 5.18. The summed E-state index contributed by atoms with van der Waals surface area (Å²) in [4.78, 5) is 13.3. The average molecular weight is 335 g/mol. The zero-order valence-electron chi connectivity index (χ0n) is 15.0. The van der Waals surface area contributed by atoms with E-state index in [9.17, 15) is 15.0 Å². The Labute approximate surface area is 144 Å². The summed E-state index contributed by atoms with van der Waals surface area (Å²) >= 11 is 0. The zero-order valence-corrected chi connectivity index (χ0v) is 15.0. The number of likely N-dealkylation sites (tertiary alicyclic amines) is 1. The molecular formula is C19H29NO4. The van der Waals surface area contributed by atoms with E-state index in [2.05, 4.69) is 20.8 Å². The van der Waals surface area contributed by atoms with Gasteiger partial charge in [0, 0.05) is 19.2 Å². The number of hydrogen-bond donors (Lipinski definition) is 2. The van der Waals surface area contributed by atoms with E-state index >= 15 is 0 Å². The number of carboxylic acid groups (broad SMARTS) is 1. The molecule has 3 unspecified atom stereocenters. The number of amides is 1. The Morgan fingerprint density at radius 1 is 1.29 bits per heavy atom. The standard InChI is InChI=1S/C19H29NO4/c1-19(2,3)17-11-14(12-21)16(9-10-20(17)18(22)23)13-5-7-15(24-4)8-6-13/h5-8,14,16-17,21H,9-12H2,1-4H3,(H,22,23). The van der Waals surface area contributed by atoms with Gasteiger partial charge in [0.2, 0.25) is 0 Å². The second-order valence-corrected chi connectivity index (χ2v) is 7.70. The largest absolute Gasteiger partial charge is 0.497 e. The lowest BCUT2D eigenvalue weighted by Crippen LogP contribution is -2.47. The van der Waals surface area contributed by atoms with E-state index in [4.69, 9.17) is 4.74 Å². The average Bonchev–Trinajstić information content (AvgIpc) is 2.74. The van der Waals surface area contributed by atoms with Crippen LogP contribution in [-0.2, 0) is 0 Å². The van der Waals surface area contributed by atoms with Crippen molar-refractivity contribution >= 4 is 6.09 Å². The van der Waals surface area contributed by atoms with Crippen molar-refractivity contribution in [1.29, 1.82) is 0 Å². The number of hydrogen-bond acceptors (Lipinski definition) is 3. The number of nitrogens with zero attached hydrogens (tertiary/aromatic N) is 1. The van der Waals surface area contributed by atoms with Gasteiger partial charge in [-0.25, -0.2) is 4.79 Å². The van der Waals surface area contributed by atoms with Crippen molar-refractivity contribution in [2.24, 2.45) is 11.3 Å². The molecule has 2 N–H and O–H groups in total. The molecule has 0 spiro atoms. The monoisotopic (exact) mass is 335 g/mol. The fourth-order valence-electron chi connectivity index (χ4n) is 3.79. The number of carbonyl (C=O) groups is 1. The van der Waals surface area contributed by atoms with E-state index < -0.39 is 6.09 Å². The molecule has 5 nitrogen and oxygen atoms in total. The van der Waals surface area contributed by atoms with Crippen LogP contribution in [-0.4, -0.2) is 47.5 Å². The number of methoxy groups -OCH3 is 1. The lowest BCUT2D eigenvalue weighted by atomic mass is 9.76. The van der Waals surface area contributed by atoms with Gasteiger partial charge in [-0.3, -0.25) is 0 Å². The first-order valence-corrected chi connectivity index (χ1v) is 8.52. The third kappa shape index (κ3) is 4.01. The van der Waals surface area contributed by atoms with Crippen LogP contribution < -0.4 is 4.74 Å². The maximum Gasteiger partial charge on any atom is 0.407 e. The van der Waals surface area contributed by atoms with Gasteiger partial charge in [0.05, 0.1) is 7.11 Å². The molecular weight excluding hydrogens is 306 g/mol. The molecule has 1 saturated heterocycles. The van der Waals surface area contributed by atoms with Crippen LogP contribution in [0.3, 0.4) is 0 Å². The Bertz CT molecular complexity index is 549. The molecule has 3 atom stereocenters. The van der Waals surface area contributed by atoms with E-state index in [-0.39, 0.29) is 29.9 Å². The van der Waals surface area contributed by atoms with E-state index in [1.165, 1.54) is 0 Å². The molecule has 1 aliphatic heterocycles. The molecule has 24 heavy (non-hydrogen) atoms. The maximum atomic E-state index is 11.7. The highest BCUT2D eigenvalue weighted by molar-refractivity contribution is 5.65. The lowest BCUT2D eigenvalue weighted by molar-refractivity contribution is 0.0733. The Balaban J connectivity index is 2.32. The van der Waals surface area contributed by atoms with Crippen molar-refractivity contribution in [1.82, 2.24) is 4.90 Å². The van der Waals surface area contributed by atoms with Crippen molar-refractivity contribution < 1.29 is 19.7 Å². The molecule has 2 rings (SSSR count). The molecule has 0 bridgehead atoms. The molecule has 1 amide bonds. The first kappa shape index (κ1) is 18.6. The zero-order chi connectivity index (χ0) is 17.9. The smallest absolute Gasteiger partial charge is 0.407 e. The van der Waals surface area contributed by atoms with Gasteiger partial charge in [0.25, 0.3) is 0 Å². The molecule has 134 valence electrons. The molecule has 1 aromatic rings. The van der Waals surface area contributed by atoms with Crippen molar-refractivity contribution in [2.75, 3.05) is 20.3 Å². The SMILES string of the molecule is COc1ccc(C2CCN(C(=O)O)C(C(C)(C)C)CC2CO)cc1. The summed E-state index contributed by atoms with van der Waals surface area (Å²) in [6, 6.07) is 7.79. The fraction of sp³-hybridized carbons (Fsp3) is 0.632. The maximum absolute atomic E-state index is 11.7. The minimum atomic E-state index is -0.873. The second-order valence-electron chi connectivity index (χ2n) is 7.70. The topological polar surface area (TPSA) is 70.0 Å². The van der Waals surface area contributed by atoms with Gasteiger partial charge in [-0.2, -0.15) is 0 Å². The van der Waals surface area contributed by atoms with Gasteiger partial charge in [-0.1, -0.05) is 32.9 Å². The molecule has 0 aliphatic carbocycles. The molecule has 1 heterocycles. The molecule has 5 heteroatoms. The van der Waals surface area contributed by atoms with Gasteiger partial charge in [0.1, 0.15) is 5.75 Å². The van der Waals surface area contributed by atoms with Crippen molar-refractivity contribution in [2.45, 2.75) is 45.6 Å². The van der Waals surface area contributed by atoms with Crippen LogP contribution in [0.2, 0.25) is 0 Å². The Hall–Kier alpha value is -1.75. The summed E-state index contributed by atoms with van der Waals surface area (Å²) in [5.41, 5.74) is 0.968. The van der Waals surface area contributed by atoms with Crippen molar-refractivity contribution in [3.05, 3.63) is 29.8 Å². The molecule has 1 fully saturated rings. The van der Waals surface area contributed by atoms with Gasteiger partial charge >= 0.3 is 6.09 Å². The lowest BCUT2D eigenvalue weighted by Gasteiger charge is -2.38. The second kappa shape index (κ2) is 7.43. The number of aliphatic hydroxyl groups excluding tert-OH is 1. The normalized spacial score (nSPS) is 25.2. The van der Waals surface area contributed by atoms with Crippen LogP contribution in [0, 0.1) is 11.3 Å². The van der Waals surface area contributed by atoms with Crippen molar-refractivity contribution in [3.63, 3.8) is 0 Å². The highest BCUT2D eigenvalue weighted by Crippen LogP contribution is 2.40. The van der Waals surface area contributed by atoms with Crippen LogP contribution in [0.1, 0.15) is 45.1 Å². The van der Waals surface area contributed by atoms with Crippen molar-refractivity contribution in [3.8, 4) is 5.75 Å². The first-order valence-electron chi connectivity index (χ1n) is 8.52. The van der Waals surface area contributed by atoms with Crippen LogP contribution in [0.15, 0.2) is 24.3 Å². The summed E-state index contributed by atoms with van der Waals surface area (Å²) in [7, 11) is 1.63. The van der Waals surface area contributed by atoms with Gasteiger partial charge < -0.3 is 19.8 Å². The van der Waals surface area contributed by atoms with Gasteiger partial charge in [0.15, 0.2) is 0 Å². The van der Waals surface area contributed by atoms with E-state index in [0.29, 0.717) is 13.0 Å². The van der Waals surface area contributed by atoms with E-state index in [1.807, 2.05) is 24.3 Å². The van der Waals surface area contributed by atoms with E-state index in [1.54, 1.807) is 12.0 Å². The van der Waals surface area contributed by atoms with Gasteiger partial charge in [-0.15, -0.1) is 0 Å². The first-order chi connectivity index (χ1) is 11.3. The van der Waals surface area contributed by atoms with Crippen LogP contribution in [0.5, 0.6) is 5.75 Å². The highest BCUT2D eigenvalue weighted by atomic mass is 16.5.